The Morgan fingerprint density at radius 1 is 1.04 bits per heavy atom. The van der Waals surface area contributed by atoms with E-state index in [0.717, 1.165) is 23.3 Å². The standard InChI is InChI=1S/C20H20N4O2/c1-14(25)23-18(15-6-4-3-5-7-15)12-19(24-20(23)21-13-22-24)16-8-10-17(26-2)11-9-16/h3-11,13,18-19H,12H2,1-2H3/t18-,19-/m0/s1. The molecule has 4 rings (SSSR count). The maximum Gasteiger partial charge on any atom is 0.231 e. The maximum atomic E-state index is 12.4. The molecule has 0 aliphatic carbocycles. The lowest BCUT2D eigenvalue weighted by Crippen LogP contribution is -2.41. The normalized spacial score (nSPS) is 19.1. The number of benzene rings is 2. The Labute approximate surface area is 152 Å². The monoisotopic (exact) mass is 348 g/mol. The lowest BCUT2D eigenvalue weighted by atomic mass is 9.92. The van der Waals surface area contributed by atoms with E-state index in [1.807, 2.05) is 47.1 Å². The first kappa shape index (κ1) is 16.3. The second kappa shape index (κ2) is 6.63. The molecule has 2 atom stereocenters. The minimum absolute atomic E-state index is 0.000729. The Bertz CT molecular complexity index is 905. The molecule has 0 saturated carbocycles. The highest BCUT2D eigenvalue weighted by Crippen LogP contribution is 2.41. The van der Waals surface area contributed by atoms with Crippen LogP contribution in [0.1, 0.15) is 36.6 Å². The summed E-state index contributed by atoms with van der Waals surface area (Å²) in [7, 11) is 1.65. The van der Waals surface area contributed by atoms with Crippen LogP contribution >= 0.6 is 0 Å². The molecule has 2 aromatic carbocycles. The summed E-state index contributed by atoms with van der Waals surface area (Å²) in [6.45, 7) is 1.57. The number of carbonyl (C=O) groups is 1. The molecule has 26 heavy (non-hydrogen) atoms. The number of ether oxygens (including phenoxy) is 1. The Morgan fingerprint density at radius 2 is 1.73 bits per heavy atom. The molecule has 0 fully saturated rings. The number of aromatic nitrogens is 3. The SMILES string of the molecule is COc1ccc([C@@H]2C[C@@H](c3ccccc3)N(C(C)=O)c3ncnn32)cc1. The molecule has 1 amide bonds. The van der Waals surface area contributed by atoms with Crippen LogP contribution in [0.4, 0.5) is 5.95 Å². The molecule has 1 aliphatic rings. The summed E-state index contributed by atoms with van der Waals surface area (Å²) in [5, 5.41) is 4.40. The van der Waals surface area contributed by atoms with Gasteiger partial charge in [-0.1, -0.05) is 42.5 Å². The van der Waals surface area contributed by atoms with Crippen LogP contribution in [-0.2, 0) is 4.79 Å². The van der Waals surface area contributed by atoms with E-state index in [9.17, 15) is 4.79 Å². The lowest BCUT2D eigenvalue weighted by molar-refractivity contribution is -0.117. The van der Waals surface area contributed by atoms with Gasteiger partial charge in [0.25, 0.3) is 0 Å². The number of methoxy groups -OCH3 is 1. The predicted molar refractivity (Wildman–Crippen MR) is 98.1 cm³/mol. The van der Waals surface area contributed by atoms with Crippen LogP contribution in [0.5, 0.6) is 5.75 Å². The summed E-state index contributed by atoms with van der Waals surface area (Å²) in [5.41, 5.74) is 2.21. The molecular formula is C20H20N4O2. The molecule has 0 radical (unpaired) electrons. The number of carbonyl (C=O) groups excluding carboxylic acids is 1. The number of amides is 1. The van der Waals surface area contributed by atoms with Crippen molar-refractivity contribution in [3.05, 3.63) is 72.1 Å². The van der Waals surface area contributed by atoms with Gasteiger partial charge < -0.3 is 4.74 Å². The third kappa shape index (κ3) is 2.73. The highest BCUT2D eigenvalue weighted by Gasteiger charge is 2.37. The second-order valence-corrected chi connectivity index (χ2v) is 6.34. The van der Waals surface area contributed by atoms with Crippen molar-refractivity contribution in [3.63, 3.8) is 0 Å². The van der Waals surface area contributed by atoms with Gasteiger partial charge in [-0.05, 0) is 29.7 Å². The van der Waals surface area contributed by atoms with Gasteiger partial charge in [-0.3, -0.25) is 9.69 Å². The zero-order valence-corrected chi connectivity index (χ0v) is 14.7. The minimum atomic E-state index is -0.0856. The van der Waals surface area contributed by atoms with E-state index < -0.39 is 0 Å². The van der Waals surface area contributed by atoms with E-state index in [-0.39, 0.29) is 18.0 Å². The summed E-state index contributed by atoms with van der Waals surface area (Å²) in [4.78, 5) is 18.5. The molecule has 6 heteroatoms. The number of nitrogens with zero attached hydrogens (tertiary/aromatic N) is 4. The van der Waals surface area contributed by atoms with Crippen molar-refractivity contribution in [2.24, 2.45) is 0 Å². The molecule has 0 unspecified atom stereocenters. The fourth-order valence-electron chi connectivity index (χ4n) is 3.62. The van der Waals surface area contributed by atoms with Crippen molar-refractivity contribution in [3.8, 4) is 5.75 Å². The van der Waals surface area contributed by atoms with Crippen LogP contribution < -0.4 is 9.64 Å². The lowest BCUT2D eigenvalue weighted by Gasteiger charge is -2.38. The molecule has 1 aromatic heterocycles. The van der Waals surface area contributed by atoms with Crippen LogP contribution in [0.3, 0.4) is 0 Å². The van der Waals surface area contributed by atoms with Crippen LogP contribution in [0, 0.1) is 0 Å². The second-order valence-electron chi connectivity index (χ2n) is 6.34. The van der Waals surface area contributed by atoms with Crippen molar-refractivity contribution >= 4 is 11.9 Å². The van der Waals surface area contributed by atoms with Gasteiger partial charge in [0.05, 0.1) is 19.2 Å². The Balaban J connectivity index is 1.81. The smallest absolute Gasteiger partial charge is 0.231 e. The Hall–Kier alpha value is -3.15. The molecule has 1 aliphatic heterocycles. The van der Waals surface area contributed by atoms with Gasteiger partial charge in [0, 0.05) is 6.92 Å². The van der Waals surface area contributed by atoms with E-state index in [2.05, 4.69) is 22.2 Å². The molecule has 3 aromatic rings. The fraction of sp³-hybridized carbons (Fsp3) is 0.250. The molecule has 2 heterocycles. The van der Waals surface area contributed by atoms with Crippen LogP contribution in [-0.4, -0.2) is 27.8 Å². The van der Waals surface area contributed by atoms with Gasteiger partial charge >= 0.3 is 0 Å². The number of hydrogen-bond donors (Lipinski definition) is 0. The molecule has 0 bridgehead atoms. The van der Waals surface area contributed by atoms with Gasteiger partial charge in [-0.2, -0.15) is 10.1 Å². The Kier molecular flexibility index (Phi) is 4.16. The zero-order chi connectivity index (χ0) is 18.1. The quantitative estimate of drug-likeness (QED) is 0.728. The number of hydrogen-bond acceptors (Lipinski definition) is 4. The summed E-state index contributed by atoms with van der Waals surface area (Å²) >= 11 is 0. The highest BCUT2D eigenvalue weighted by molar-refractivity contribution is 5.90. The van der Waals surface area contributed by atoms with E-state index in [0.29, 0.717) is 5.95 Å². The van der Waals surface area contributed by atoms with Crippen molar-refractivity contribution in [1.29, 1.82) is 0 Å². The summed E-state index contributed by atoms with van der Waals surface area (Å²) in [6.07, 6.45) is 2.24. The average molecular weight is 348 g/mol. The summed E-state index contributed by atoms with van der Waals surface area (Å²) in [5.74, 6) is 1.35. The zero-order valence-electron chi connectivity index (χ0n) is 14.7. The third-order valence-electron chi connectivity index (χ3n) is 4.85. The average Bonchev–Trinajstić information content (AvgIpc) is 3.17. The first-order chi connectivity index (χ1) is 12.7. The fourth-order valence-corrected chi connectivity index (χ4v) is 3.62. The van der Waals surface area contributed by atoms with Crippen LogP contribution in [0.2, 0.25) is 0 Å². The molecule has 0 spiro atoms. The minimum Gasteiger partial charge on any atom is -0.497 e. The molecule has 132 valence electrons. The van der Waals surface area contributed by atoms with E-state index in [4.69, 9.17) is 4.74 Å². The highest BCUT2D eigenvalue weighted by atomic mass is 16.5. The van der Waals surface area contributed by atoms with Gasteiger partial charge in [0.15, 0.2) is 0 Å². The summed E-state index contributed by atoms with van der Waals surface area (Å²) < 4.78 is 7.10. The van der Waals surface area contributed by atoms with E-state index in [1.165, 1.54) is 6.33 Å². The van der Waals surface area contributed by atoms with Crippen LogP contribution in [0.25, 0.3) is 0 Å². The molecular weight excluding hydrogens is 328 g/mol. The van der Waals surface area contributed by atoms with Crippen molar-refractivity contribution in [2.75, 3.05) is 12.0 Å². The van der Waals surface area contributed by atoms with Gasteiger partial charge in [-0.25, -0.2) is 4.68 Å². The predicted octanol–water partition coefficient (Wildman–Crippen LogP) is 3.37. The number of fused-ring (bicyclic) bond motifs is 1. The topological polar surface area (TPSA) is 60.2 Å². The Morgan fingerprint density at radius 3 is 2.38 bits per heavy atom. The van der Waals surface area contributed by atoms with Crippen molar-refractivity contribution in [2.45, 2.75) is 25.4 Å². The molecule has 6 nitrogen and oxygen atoms in total. The largest absolute Gasteiger partial charge is 0.497 e. The first-order valence-electron chi connectivity index (χ1n) is 8.57. The van der Waals surface area contributed by atoms with E-state index >= 15 is 0 Å². The van der Waals surface area contributed by atoms with Gasteiger partial charge in [-0.15, -0.1) is 0 Å². The van der Waals surface area contributed by atoms with Gasteiger partial charge in [0.2, 0.25) is 11.9 Å². The van der Waals surface area contributed by atoms with Gasteiger partial charge in [0.1, 0.15) is 12.1 Å². The first-order valence-corrected chi connectivity index (χ1v) is 8.57. The third-order valence-corrected chi connectivity index (χ3v) is 4.85. The van der Waals surface area contributed by atoms with Crippen molar-refractivity contribution in [1.82, 2.24) is 14.8 Å². The van der Waals surface area contributed by atoms with Crippen LogP contribution in [0.15, 0.2) is 60.9 Å². The molecule has 0 N–H and O–H groups in total. The number of rotatable bonds is 3. The van der Waals surface area contributed by atoms with E-state index in [1.54, 1.807) is 18.9 Å². The summed E-state index contributed by atoms with van der Waals surface area (Å²) in [6, 6.07) is 18.0. The maximum absolute atomic E-state index is 12.4. The van der Waals surface area contributed by atoms with Crippen molar-refractivity contribution < 1.29 is 9.53 Å². The molecule has 0 saturated heterocycles. The number of anilines is 1.